The molecule has 12 heavy (non-hydrogen) atoms. The van der Waals surface area contributed by atoms with Crippen LogP contribution in [-0.4, -0.2) is 34.4 Å². The lowest BCUT2D eigenvalue weighted by Crippen LogP contribution is -2.42. The van der Waals surface area contributed by atoms with Crippen molar-refractivity contribution >= 4 is 28.7 Å². The third-order valence-corrected chi connectivity index (χ3v) is 2.85. The molecular weight excluding hydrogens is 273 g/mol. The highest BCUT2D eigenvalue weighted by atomic mass is 127. The molecule has 0 radical (unpaired) electrons. The maximum Gasteiger partial charge on any atom is 0.404 e. The number of alkyl halides is 1. The summed E-state index contributed by atoms with van der Waals surface area (Å²) >= 11 is 2.28. The molecule has 1 fully saturated rings. The number of carbonyl (C=O) groups is 1. The Morgan fingerprint density at radius 2 is 2.42 bits per heavy atom. The van der Waals surface area contributed by atoms with Crippen molar-refractivity contribution in [1.82, 2.24) is 5.32 Å². The molecule has 0 aromatic rings. The third-order valence-electron chi connectivity index (χ3n) is 1.87. The molecule has 4 nitrogen and oxygen atoms in total. The molecule has 1 amide bonds. The van der Waals surface area contributed by atoms with Crippen LogP contribution in [0.4, 0.5) is 4.79 Å². The molecule has 0 bridgehead atoms. The van der Waals surface area contributed by atoms with Gasteiger partial charge in [-0.15, -0.1) is 0 Å². The fourth-order valence-corrected chi connectivity index (χ4v) is 1.91. The van der Waals surface area contributed by atoms with Gasteiger partial charge in [-0.25, -0.2) is 4.79 Å². The number of carboxylic acid groups (broad SMARTS) is 1. The van der Waals surface area contributed by atoms with Crippen LogP contribution < -0.4 is 5.32 Å². The summed E-state index contributed by atoms with van der Waals surface area (Å²) in [6.07, 6.45) is 1.20. The van der Waals surface area contributed by atoms with Crippen LogP contribution in [0.3, 0.4) is 0 Å². The summed E-state index contributed by atoms with van der Waals surface area (Å²) in [5.41, 5.74) is 0. The number of hydrogen-bond donors (Lipinski definition) is 2. The van der Waals surface area contributed by atoms with E-state index in [1.54, 1.807) is 0 Å². The van der Waals surface area contributed by atoms with Crippen molar-refractivity contribution in [3.63, 3.8) is 0 Å². The van der Waals surface area contributed by atoms with E-state index in [9.17, 15) is 4.79 Å². The van der Waals surface area contributed by atoms with Crippen LogP contribution in [0.2, 0.25) is 0 Å². The number of hydrogen-bond acceptors (Lipinski definition) is 2. The van der Waals surface area contributed by atoms with E-state index in [0.717, 1.165) is 17.3 Å². The van der Waals surface area contributed by atoms with Gasteiger partial charge in [0.1, 0.15) is 0 Å². The Morgan fingerprint density at radius 3 is 2.83 bits per heavy atom. The highest BCUT2D eigenvalue weighted by Crippen LogP contribution is 2.15. The lowest BCUT2D eigenvalue weighted by molar-refractivity contribution is 0.0138. The second-order valence-electron chi connectivity index (χ2n) is 2.83. The minimum Gasteiger partial charge on any atom is -0.465 e. The largest absolute Gasteiger partial charge is 0.465 e. The predicted molar refractivity (Wildman–Crippen MR) is 52.8 cm³/mol. The Morgan fingerprint density at radius 1 is 1.67 bits per heavy atom. The van der Waals surface area contributed by atoms with Crippen molar-refractivity contribution in [2.24, 2.45) is 0 Å². The molecule has 0 aliphatic carbocycles. The average Bonchev–Trinajstić information content (AvgIpc) is 2.05. The van der Waals surface area contributed by atoms with E-state index in [1.165, 1.54) is 0 Å². The Bertz CT molecular complexity index is 157. The predicted octanol–water partition coefficient (Wildman–Crippen LogP) is 1.24. The summed E-state index contributed by atoms with van der Waals surface area (Å²) in [7, 11) is 0. The van der Waals surface area contributed by atoms with Crippen molar-refractivity contribution in [3.8, 4) is 0 Å². The van der Waals surface area contributed by atoms with Crippen LogP contribution in [0, 0.1) is 0 Å². The van der Waals surface area contributed by atoms with Crippen LogP contribution >= 0.6 is 22.6 Å². The zero-order valence-corrected chi connectivity index (χ0v) is 8.78. The van der Waals surface area contributed by atoms with Crippen molar-refractivity contribution in [1.29, 1.82) is 0 Å². The number of halogens is 1. The minimum atomic E-state index is -0.962. The van der Waals surface area contributed by atoms with Crippen LogP contribution in [0.1, 0.15) is 12.8 Å². The maximum atomic E-state index is 10.3. The standard InChI is InChI=1S/C7H12INO3/c8-3-6-2-1-5(4-12-6)9-7(10)11/h5-6,9H,1-4H2,(H,10,11)/t5-,6+/m1/s1. The van der Waals surface area contributed by atoms with E-state index in [0.29, 0.717) is 12.7 Å². The molecule has 1 aliphatic heterocycles. The Labute approximate surface area is 84.8 Å². The smallest absolute Gasteiger partial charge is 0.404 e. The monoisotopic (exact) mass is 285 g/mol. The lowest BCUT2D eigenvalue weighted by atomic mass is 10.1. The van der Waals surface area contributed by atoms with E-state index in [1.807, 2.05) is 0 Å². The van der Waals surface area contributed by atoms with Gasteiger partial charge in [0.2, 0.25) is 0 Å². The van der Waals surface area contributed by atoms with Crippen molar-refractivity contribution in [2.45, 2.75) is 25.0 Å². The van der Waals surface area contributed by atoms with Crippen LogP contribution in [0.25, 0.3) is 0 Å². The molecule has 2 atom stereocenters. The fourth-order valence-electron chi connectivity index (χ4n) is 1.22. The molecule has 0 aromatic heterocycles. The molecule has 0 saturated carbocycles. The molecule has 5 heteroatoms. The summed E-state index contributed by atoms with van der Waals surface area (Å²) in [6, 6.07) is -0.0123. The molecule has 2 N–H and O–H groups in total. The van der Waals surface area contributed by atoms with Gasteiger partial charge < -0.3 is 15.2 Å². The van der Waals surface area contributed by atoms with E-state index >= 15 is 0 Å². The summed E-state index contributed by atoms with van der Waals surface area (Å²) in [6.45, 7) is 0.514. The first-order valence-corrected chi connectivity index (χ1v) is 5.42. The zero-order valence-electron chi connectivity index (χ0n) is 6.62. The second-order valence-corrected chi connectivity index (χ2v) is 3.71. The molecule has 0 aromatic carbocycles. The SMILES string of the molecule is O=C(O)N[C@@H]1CC[C@@H](CI)OC1. The molecule has 1 heterocycles. The number of amides is 1. The number of rotatable bonds is 2. The van der Waals surface area contributed by atoms with Crippen molar-refractivity contribution in [3.05, 3.63) is 0 Å². The summed E-state index contributed by atoms with van der Waals surface area (Å²) in [5.74, 6) is 0. The van der Waals surface area contributed by atoms with Gasteiger partial charge in [0, 0.05) is 4.43 Å². The average molecular weight is 285 g/mol. The summed E-state index contributed by atoms with van der Waals surface area (Å²) in [5, 5.41) is 10.8. The molecular formula is C7H12INO3. The van der Waals surface area contributed by atoms with Gasteiger partial charge in [-0.1, -0.05) is 22.6 Å². The van der Waals surface area contributed by atoms with Crippen LogP contribution in [0.5, 0.6) is 0 Å². The van der Waals surface area contributed by atoms with Crippen molar-refractivity contribution in [2.75, 3.05) is 11.0 Å². The normalized spacial score (nSPS) is 29.8. The molecule has 0 unspecified atom stereocenters. The number of ether oxygens (including phenoxy) is 1. The Hall–Kier alpha value is -0.0400. The second kappa shape index (κ2) is 4.86. The maximum absolute atomic E-state index is 10.3. The van der Waals surface area contributed by atoms with Gasteiger partial charge >= 0.3 is 6.09 Å². The first kappa shape index (κ1) is 10.0. The molecule has 1 saturated heterocycles. The van der Waals surface area contributed by atoms with Crippen molar-refractivity contribution < 1.29 is 14.6 Å². The quantitative estimate of drug-likeness (QED) is 0.593. The van der Waals surface area contributed by atoms with Gasteiger partial charge in [-0.05, 0) is 12.8 Å². The van der Waals surface area contributed by atoms with Crippen LogP contribution in [0.15, 0.2) is 0 Å². The van der Waals surface area contributed by atoms with Gasteiger partial charge in [0.05, 0.1) is 18.8 Å². The number of nitrogens with one attached hydrogen (secondary N) is 1. The topological polar surface area (TPSA) is 58.6 Å². The Balaban J connectivity index is 2.21. The summed E-state index contributed by atoms with van der Waals surface area (Å²) in [4.78, 5) is 10.3. The summed E-state index contributed by atoms with van der Waals surface area (Å²) < 4.78 is 6.39. The van der Waals surface area contributed by atoms with E-state index in [4.69, 9.17) is 9.84 Å². The highest BCUT2D eigenvalue weighted by molar-refractivity contribution is 14.1. The van der Waals surface area contributed by atoms with Gasteiger partial charge in [-0.3, -0.25) is 0 Å². The van der Waals surface area contributed by atoms with Gasteiger partial charge in [0.15, 0.2) is 0 Å². The first-order chi connectivity index (χ1) is 5.72. The third kappa shape index (κ3) is 3.14. The molecule has 1 aliphatic rings. The highest BCUT2D eigenvalue weighted by Gasteiger charge is 2.21. The minimum absolute atomic E-state index is 0.0123. The van der Waals surface area contributed by atoms with Crippen LogP contribution in [-0.2, 0) is 4.74 Å². The van der Waals surface area contributed by atoms with E-state index in [-0.39, 0.29) is 6.04 Å². The molecule has 0 spiro atoms. The first-order valence-electron chi connectivity index (χ1n) is 3.89. The molecule has 70 valence electrons. The van der Waals surface area contributed by atoms with E-state index < -0.39 is 6.09 Å². The van der Waals surface area contributed by atoms with E-state index in [2.05, 4.69) is 27.9 Å². The fraction of sp³-hybridized carbons (Fsp3) is 0.857. The van der Waals surface area contributed by atoms with Gasteiger partial charge in [0.25, 0.3) is 0 Å². The molecule has 1 rings (SSSR count). The lowest BCUT2D eigenvalue weighted by Gasteiger charge is -2.27. The van der Waals surface area contributed by atoms with Gasteiger partial charge in [-0.2, -0.15) is 0 Å². The Kier molecular flexibility index (Phi) is 4.07. The zero-order chi connectivity index (χ0) is 8.97.